The van der Waals surface area contributed by atoms with Crippen LogP contribution in [0.15, 0.2) is 24.3 Å². The predicted molar refractivity (Wildman–Crippen MR) is 116 cm³/mol. The standard InChI is InChI=1S/C23H34N4O2/c1-3-17(2)25-22(28)16-27-20-13-8-7-12-19(20)26-21(27)14-9-15-24-23(29)18-10-5-4-6-11-18/h7-8,12-13,17-18H,3-6,9-11,14-16H2,1-2H3,(H,24,29)(H,25,28). The van der Waals surface area contributed by atoms with E-state index in [9.17, 15) is 9.59 Å². The molecule has 2 amide bonds. The quantitative estimate of drug-likeness (QED) is 0.634. The number of amides is 2. The van der Waals surface area contributed by atoms with Crippen LogP contribution >= 0.6 is 0 Å². The van der Waals surface area contributed by atoms with Crippen LogP contribution in [0.4, 0.5) is 0 Å². The number of hydrogen-bond acceptors (Lipinski definition) is 3. The molecule has 2 N–H and O–H groups in total. The lowest BCUT2D eigenvalue weighted by atomic mass is 9.89. The summed E-state index contributed by atoms with van der Waals surface area (Å²) in [6.07, 6.45) is 8.08. The first-order valence-electron chi connectivity index (χ1n) is 11.1. The summed E-state index contributed by atoms with van der Waals surface area (Å²) in [6.45, 7) is 5.00. The first kappa shape index (κ1) is 21.3. The molecule has 1 atom stereocenters. The fourth-order valence-corrected chi connectivity index (χ4v) is 4.03. The van der Waals surface area contributed by atoms with Crippen LogP contribution in [-0.2, 0) is 22.6 Å². The van der Waals surface area contributed by atoms with Crippen molar-refractivity contribution in [1.82, 2.24) is 20.2 Å². The molecule has 1 saturated carbocycles. The number of fused-ring (bicyclic) bond motifs is 1. The molecule has 0 saturated heterocycles. The van der Waals surface area contributed by atoms with Gasteiger partial charge in [-0.15, -0.1) is 0 Å². The van der Waals surface area contributed by atoms with E-state index in [0.29, 0.717) is 6.54 Å². The minimum Gasteiger partial charge on any atom is -0.356 e. The highest BCUT2D eigenvalue weighted by molar-refractivity contribution is 5.81. The zero-order chi connectivity index (χ0) is 20.6. The van der Waals surface area contributed by atoms with Crippen molar-refractivity contribution in [3.8, 4) is 0 Å². The van der Waals surface area contributed by atoms with Crippen molar-refractivity contribution in [2.75, 3.05) is 6.54 Å². The van der Waals surface area contributed by atoms with Gasteiger partial charge >= 0.3 is 0 Å². The number of aromatic nitrogens is 2. The monoisotopic (exact) mass is 398 g/mol. The van der Waals surface area contributed by atoms with Crippen molar-refractivity contribution in [2.24, 2.45) is 5.92 Å². The third-order valence-electron chi connectivity index (χ3n) is 5.91. The van der Waals surface area contributed by atoms with Gasteiger partial charge < -0.3 is 15.2 Å². The molecule has 1 aromatic heterocycles. The van der Waals surface area contributed by atoms with Crippen LogP contribution in [0.25, 0.3) is 11.0 Å². The summed E-state index contributed by atoms with van der Waals surface area (Å²) in [5.41, 5.74) is 1.89. The molecule has 1 heterocycles. The van der Waals surface area contributed by atoms with Gasteiger partial charge in [0.25, 0.3) is 0 Å². The zero-order valence-corrected chi connectivity index (χ0v) is 17.7. The van der Waals surface area contributed by atoms with E-state index in [1.165, 1.54) is 19.3 Å². The number of hydrogen-bond donors (Lipinski definition) is 2. The summed E-state index contributed by atoms with van der Waals surface area (Å²) in [6, 6.07) is 8.09. The van der Waals surface area contributed by atoms with Gasteiger partial charge in [-0.25, -0.2) is 4.98 Å². The second-order valence-corrected chi connectivity index (χ2v) is 8.21. The van der Waals surface area contributed by atoms with Gasteiger partial charge in [0.1, 0.15) is 12.4 Å². The second-order valence-electron chi connectivity index (χ2n) is 8.21. The van der Waals surface area contributed by atoms with E-state index < -0.39 is 0 Å². The number of carbonyl (C=O) groups is 2. The van der Waals surface area contributed by atoms with Crippen LogP contribution in [0.5, 0.6) is 0 Å². The molecule has 1 fully saturated rings. The van der Waals surface area contributed by atoms with Crippen LogP contribution in [0.2, 0.25) is 0 Å². The lowest BCUT2D eigenvalue weighted by molar-refractivity contribution is -0.126. The molecule has 0 aliphatic heterocycles. The number of nitrogens with one attached hydrogen (secondary N) is 2. The topological polar surface area (TPSA) is 76.0 Å². The second kappa shape index (κ2) is 10.4. The van der Waals surface area contributed by atoms with E-state index in [1.54, 1.807) is 0 Å². The number of para-hydroxylation sites is 2. The Morgan fingerprint density at radius 1 is 1.21 bits per heavy atom. The van der Waals surface area contributed by atoms with Crippen molar-refractivity contribution < 1.29 is 9.59 Å². The third-order valence-corrected chi connectivity index (χ3v) is 5.91. The summed E-state index contributed by atoms with van der Waals surface area (Å²) < 4.78 is 2.01. The molecular weight excluding hydrogens is 364 g/mol. The fourth-order valence-electron chi connectivity index (χ4n) is 4.03. The number of aryl methyl sites for hydroxylation is 1. The maximum absolute atomic E-state index is 12.5. The number of imidazole rings is 1. The molecule has 1 aromatic carbocycles. The van der Waals surface area contributed by atoms with E-state index in [1.807, 2.05) is 35.8 Å². The molecule has 0 spiro atoms. The first-order valence-corrected chi connectivity index (χ1v) is 11.1. The molecule has 6 nitrogen and oxygen atoms in total. The Morgan fingerprint density at radius 2 is 1.97 bits per heavy atom. The van der Waals surface area contributed by atoms with Gasteiger partial charge in [0.05, 0.1) is 11.0 Å². The van der Waals surface area contributed by atoms with Crippen molar-refractivity contribution in [2.45, 2.75) is 77.8 Å². The van der Waals surface area contributed by atoms with Gasteiger partial charge in [0.15, 0.2) is 0 Å². The molecule has 29 heavy (non-hydrogen) atoms. The molecular formula is C23H34N4O2. The Kier molecular flexibility index (Phi) is 7.67. The summed E-state index contributed by atoms with van der Waals surface area (Å²) >= 11 is 0. The lowest BCUT2D eigenvalue weighted by Crippen LogP contribution is -2.35. The Morgan fingerprint density at radius 3 is 2.72 bits per heavy atom. The summed E-state index contributed by atoms with van der Waals surface area (Å²) in [4.78, 5) is 29.5. The summed E-state index contributed by atoms with van der Waals surface area (Å²) in [5, 5.41) is 6.13. The van der Waals surface area contributed by atoms with E-state index in [0.717, 1.165) is 49.0 Å². The van der Waals surface area contributed by atoms with Gasteiger partial charge in [0.2, 0.25) is 11.8 Å². The van der Waals surface area contributed by atoms with Gasteiger partial charge in [-0.05, 0) is 44.7 Å². The average Bonchev–Trinajstić information content (AvgIpc) is 3.08. The average molecular weight is 399 g/mol. The molecule has 6 heteroatoms. The van der Waals surface area contributed by atoms with Crippen LogP contribution < -0.4 is 10.6 Å². The summed E-state index contributed by atoms with van der Waals surface area (Å²) in [7, 11) is 0. The van der Waals surface area contributed by atoms with E-state index in [-0.39, 0.29) is 30.3 Å². The van der Waals surface area contributed by atoms with Gasteiger partial charge in [-0.2, -0.15) is 0 Å². The molecule has 1 unspecified atom stereocenters. The van der Waals surface area contributed by atoms with E-state index in [4.69, 9.17) is 4.98 Å². The Labute approximate surface area is 173 Å². The number of carbonyl (C=O) groups excluding carboxylic acids is 2. The molecule has 158 valence electrons. The molecule has 1 aliphatic carbocycles. The van der Waals surface area contributed by atoms with Crippen LogP contribution in [0, 0.1) is 5.92 Å². The third kappa shape index (κ3) is 5.81. The number of benzene rings is 1. The minimum absolute atomic E-state index is 0.00866. The number of nitrogens with zero attached hydrogens (tertiary/aromatic N) is 2. The van der Waals surface area contributed by atoms with E-state index >= 15 is 0 Å². The van der Waals surface area contributed by atoms with E-state index in [2.05, 4.69) is 17.6 Å². The van der Waals surface area contributed by atoms with Crippen molar-refractivity contribution in [3.05, 3.63) is 30.1 Å². The predicted octanol–water partition coefficient (Wildman–Crippen LogP) is 3.58. The largest absolute Gasteiger partial charge is 0.356 e. The SMILES string of the molecule is CCC(C)NC(=O)Cn1c(CCCNC(=O)C2CCCCC2)nc2ccccc21. The molecule has 0 bridgehead atoms. The molecule has 3 rings (SSSR count). The molecule has 0 radical (unpaired) electrons. The van der Waals surface area contributed by atoms with Crippen molar-refractivity contribution in [3.63, 3.8) is 0 Å². The highest BCUT2D eigenvalue weighted by Crippen LogP contribution is 2.23. The molecule has 2 aromatic rings. The van der Waals surface area contributed by atoms with Gasteiger partial charge in [-0.1, -0.05) is 38.3 Å². The maximum atomic E-state index is 12.5. The maximum Gasteiger partial charge on any atom is 0.240 e. The van der Waals surface area contributed by atoms with Gasteiger partial charge in [-0.3, -0.25) is 9.59 Å². The lowest BCUT2D eigenvalue weighted by Gasteiger charge is -2.20. The highest BCUT2D eigenvalue weighted by atomic mass is 16.2. The van der Waals surface area contributed by atoms with Crippen molar-refractivity contribution in [1.29, 1.82) is 0 Å². The zero-order valence-electron chi connectivity index (χ0n) is 17.7. The minimum atomic E-state index is 0.00866. The Bertz CT molecular complexity index is 823. The highest BCUT2D eigenvalue weighted by Gasteiger charge is 2.20. The fraction of sp³-hybridized carbons (Fsp3) is 0.609. The van der Waals surface area contributed by atoms with Crippen molar-refractivity contribution >= 4 is 22.8 Å². The van der Waals surface area contributed by atoms with Crippen LogP contribution in [-0.4, -0.2) is 34.0 Å². The van der Waals surface area contributed by atoms with Gasteiger partial charge in [0, 0.05) is 24.9 Å². The van der Waals surface area contributed by atoms with Crippen LogP contribution in [0.3, 0.4) is 0 Å². The summed E-state index contributed by atoms with van der Waals surface area (Å²) in [5.74, 6) is 1.30. The first-order chi connectivity index (χ1) is 14.1. The normalized spacial score (nSPS) is 15.9. The Balaban J connectivity index is 1.59. The smallest absolute Gasteiger partial charge is 0.240 e. The van der Waals surface area contributed by atoms with Crippen LogP contribution in [0.1, 0.15) is 64.6 Å². The molecule has 1 aliphatic rings. The Hall–Kier alpha value is -2.37. The number of rotatable bonds is 9.